The third-order valence-electron chi connectivity index (χ3n) is 2.75. The molecule has 0 saturated heterocycles. The van der Waals surface area contributed by atoms with Crippen LogP contribution in [0.2, 0.25) is 0 Å². The van der Waals surface area contributed by atoms with Crippen LogP contribution in [0.4, 0.5) is 17.3 Å². The van der Waals surface area contributed by atoms with E-state index in [2.05, 4.69) is 30.5 Å². The molecule has 2 aromatic heterocycles. The molecule has 0 aromatic carbocycles. The van der Waals surface area contributed by atoms with Gasteiger partial charge in [0.15, 0.2) is 5.82 Å². The Hall–Kier alpha value is -2.26. The van der Waals surface area contributed by atoms with E-state index in [0.717, 1.165) is 5.69 Å². The van der Waals surface area contributed by atoms with E-state index in [1.165, 1.54) is 0 Å². The minimum absolute atomic E-state index is 0.0716. The summed E-state index contributed by atoms with van der Waals surface area (Å²) in [4.78, 5) is 3.93. The first-order chi connectivity index (χ1) is 10.6. The van der Waals surface area contributed by atoms with Gasteiger partial charge >= 0.3 is 0 Å². The van der Waals surface area contributed by atoms with Crippen LogP contribution in [-0.4, -0.2) is 42.4 Å². The molecule has 22 heavy (non-hydrogen) atoms. The Balaban J connectivity index is 1.80. The average Bonchev–Trinajstić information content (AvgIpc) is 2.54. The molecule has 0 spiro atoms. The number of pyridine rings is 1. The molecular formula is C13H18N6O2S. The molecule has 3 N–H and O–H groups in total. The number of anilines is 3. The fourth-order valence-electron chi connectivity index (χ4n) is 1.58. The first-order valence-corrected chi connectivity index (χ1v) is 8.46. The second kappa shape index (κ2) is 7.66. The molecule has 9 heteroatoms. The van der Waals surface area contributed by atoms with Crippen molar-refractivity contribution in [3.63, 3.8) is 0 Å². The Morgan fingerprint density at radius 1 is 1.00 bits per heavy atom. The van der Waals surface area contributed by atoms with Crippen molar-refractivity contribution in [3.8, 4) is 0 Å². The molecular weight excluding hydrogens is 304 g/mol. The summed E-state index contributed by atoms with van der Waals surface area (Å²) in [5, 5.41) is 14.1. The molecule has 8 nitrogen and oxygen atoms in total. The molecule has 0 amide bonds. The predicted octanol–water partition coefficient (Wildman–Crippen LogP) is 0.966. The lowest BCUT2D eigenvalue weighted by molar-refractivity contribution is 0.584. The fraction of sp³-hybridized carbons (Fsp3) is 0.308. The Morgan fingerprint density at radius 3 is 2.32 bits per heavy atom. The highest BCUT2D eigenvalue weighted by Crippen LogP contribution is 2.12. The van der Waals surface area contributed by atoms with Gasteiger partial charge in [0.05, 0.1) is 5.75 Å². The number of hydrogen-bond donors (Lipinski definition) is 3. The normalized spacial score (nSPS) is 11.1. The van der Waals surface area contributed by atoms with Crippen molar-refractivity contribution in [1.82, 2.24) is 19.9 Å². The van der Waals surface area contributed by atoms with Gasteiger partial charge in [0.1, 0.15) is 5.82 Å². The van der Waals surface area contributed by atoms with Crippen LogP contribution in [0.1, 0.15) is 6.92 Å². The van der Waals surface area contributed by atoms with Gasteiger partial charge in [0.25, 0.3) is 0 Å². The summed E-state index contributed by atoms with van der Waals surface area (Å²) in [5.74, 6) is 1.27. The largest absolute Gasteiger partial charge is 0.367 e. The van der Waals surface area contributed by atoms with E-state index < -0.39 is 10.0 Å². The van der Waals surface area contributed by atoms with Crippen molar-refractivity contribution in [2.45, 2.75) is 6.92 Å². The highest BCUT2D eigenvalue weighted by molar-refractivity contribution is 7.89. The Morgan fingerprint density at radius 2 is 1.68 bits per heavy atom. The molecule has 2 aromatic rings. The van der Waals surface area contributed by atoms with E-state index in [1.807, 2.05) is 12.1 Å². The molecule has 0 radical (unpaired) electrons. The maximum atomic E-state index is 11.2. The van der Waals surface area contributed by atoms with E-state index in [9.17, 15) is 8.42 Å². The van der Waals surface area contributed by atoms with Gasteiger partial charge in [-0.1, -0.05) is 0 Å². The summed E-state index contributed by atoms with van der Waals surface area (Å²) >= 11 is 0. The first kappa shape index (κ1) is 16.1. The number of nitrogens with one attached hydrogen (secondary N) is 3. The van der Waals surface area contributed by atoms with Gasteiger partial charge in [-0.2, -0.15) is 0 Å². The number of sulfonamides is 1. The fourth-order valence-corrected chi connectivity index (χ4v) is 2.19. The van der Waals surface area contributed by atoms with Gasteiger partial charge in [-0.3, -0.25) is 4.98 Å². The number of rotatable bonds is 8. The van der Waals surface area contributed by atoms with E-state index in [4.69, 9.17) is 0 Å². The van der Waals surface area contributed by atoms with E-state index in [-0.39, 0.29) is 5.75 Å². The highest BCUT2D eigenvalue weighted by atomic mass is 32.2. The topological polar surface area (TPSA) is 109 Å². The standard InChI is InChI=1S/C13H18N6O2S/c1-2-22(20,21)16-10-9-15-12-3-4-13(19-18-12)17-11-5-7-14-8-6-11/h3-8,16H,2,9-10H2,1H3,(H,15,18)(H,14,17,19). The predicted molar refractivity (Wildman–Crippen MR) is 85.5 cm³/mol. The molecule has 0 aliphatic rings. The van der Waals surface area contributed by atoms with Gasteiger partial charge in [-0.15, -0.1) is 10.2 Å². The molecule has 2 heterocycles. The Bertz CT molecular complexity index is 675. The molecule has 0 aliphatic carbocycles. The molecule has 0 aliphatic heterocycles. The van der Waals surface area contributed by atoms with Crippen LogP contribution in [0.25, 0.3) is 0 Å². The van der Waals surface area contributed by atoms with Crippen molar-refractivity contribution in [2.24, 2.45) is 0 Å². The van der Waals surface area contributed by atoms with Gasteiger partial charge in [-0.05, 0) is 31.2 Å². The highest BCUT2D eigenvalue weighted by Gasteiger charge is 2.04. The van der Waals surface area contributed by atoms with Crippen LogP contribution in [0, 0.1) is 0 Å². The number of hydrogen-bond acceptors (Lipinski definition) is 7. The quantitative estimate of drug-likeness (QED) is 0.621. The maximum Gasteiger partial charge on any atom is 0.211 e. The second-order valence-electron chi connectivity index (χ2n) is 4.39. The summed E-state index contributed by atoms with van der Waals surface area (Å²) in [6, 6.07) is 7.21. The minimum Gasteiger partial charge on any atom is -0.367 e. The molecule has 0 fully saturated rings. The first-order valence-electron chi connectivity index (χ1n) is 6.81. The molecule has 2 rings (SSSR count). The molecule has 0 bridgehead atoms. The van der Waals surface area contributed by atoms with Crippen molar-refractivity contribution >= 4 is 27.3 Å². The lowest BCUT2D eigenvalue weighted by Crippen LogP contribution is -2.30. The molecule has 0 unspecified atom stereocenters. The van der Waals surface area contributed by atoms with Gasteiger partial charge in [-0.25, -0.2) is 13.1 Å². The van der Waals surface area contributed by atoms with Crippen LogP contribution >= 0.6 is 0 Å². The van der Waals surface area contributed by atoms with Crippen LogP contribution in [0.5, 0.6) is 0 Å². The van der Waals surface area contributed by atoms with Crippen LogP contribution in [-0.2, 0) is 10.0 Å². The average molecular weight is 322 g/mol. The summed E-state index contributed by atoms with van der Waals surface area (Å²) in [6.07, 6.45) is 3.37. The van der Waals surface area contributed by atoms with Crippen molar-refractivity contribution < 1.29 is 8.42 Å². The monoisotopic (exact) mass is 322 g/mol. The summed E-state index contributed by atoms with van der Waals surface area (Å²) in [6.45, 7) is 2.33. The Kier molecular flexibility index (Phi) is 5.61. The van der Waals surface area contributed by atoms with Gasteiger partial charge < -0.3 is 10.6 Å². The summed E-state index contributed by atoms with van der Waals surface area (Å²) < 4.78 is 25.0. The zero-order chi connectivity index (χ0) is 15.8. The second-order valence-corrected chi connectivity index (χ2v) is 6.48. The zero-order valence-corrected chi connectivity index (χ0v) is 13.0. The molecule has 0 atom stereocenters. The third kappa shape index (κ3) is 5.26. The summed E-state index contributed by atoms with van der Waals surface area (Å²) in [7, 11) is -3.16. The van der Waals surface area contributed by atoms with Crippen molar-refractivity contribution in [1.29, 1.82) is 0 Å². The lowest BCUT2D eigenvalue weighted by atomic mass is 10.4. The SMILES string of the molecule is CCS(=O)(=O)NCCNc1ccc(Nc2ccncc2)nn1. The third-order valence-corrected chi connectivity index (χ3v) is 4.15. The van der Waals surface area contributed by atoms with E-state index >= 15 is 0 Å². The maximum absolute atomic E-state index is 11.2. The summed E-state index contributed by atoms with van der Waals surface area (Å²) in [5.41, 5.74) is 0.874. The van der Waals surface area contributed by atoms with Crippen LogP contribution < -0.4 is 15.4 Å². The van der Waals surface area contributed by atoms with E-state index in [1.54, 1.807) is 31.5 Å². The van der Waals surface area contributed by atoms with Crippen molar-refractivity contribution in [2.75, 3.05) is 29.5 Å². The molecule has 118 valence electrons. The number of nitrogens with zero attached hydrogens (tertiary/aromatic N) is 3. The minimum atomic E-state index is -3.16. The lowest BCUT2D eigenvalue weighted by Gasteiger charge is -2.08. The zero-order valence-electron chi connectivity index (χ0n) is 12.2. The Labute approximate surface area is 129 Å². The van der Waals surface area contributed by atoms with Gasteiger partial charge in [0.2, 0.25) is 10.0 Å². The van der Waals surface area contributed by atoms with Crippen LogP contribution in [0.3, 0.4) is 0 Å². The smallest absolute Gasteiger partial charge is 0.211 e. The molecule has 0 saturated carbocycles. The van der Waals surface area contributed by atoms with Crippen molar-refractivity contribution in [3.05, 3.63) is 36.7 Å². The van der Waals surface area contributed by atoms with Gasteiger partial charge in [0, 0.05) is 31.2 Å². The number of aromatic nitrogens is 3. The van der Waals surface area contributed by atoms with E-state index in [0.29, 0.717) is 24.7 Å². The van der Waals surface area contributed by atoms with Crippen LogP contribution in [0.15, 0.2) is 36.7 Å².